The molecule has 3 nitrogen and oxygen atoms in total. The third kappa shape index (κ3) is 3.44. The smallest absolute Gasteiger partial charge is 0.191 e. The first-order valence-corrected chi connectivity index (χ1v) is 6.86. The molecule has 19 heavy (non-hydrogen) atoms. The zero-order chi connectivity index (χ0) is 13.8. The van der Waals surface area contributed by atoms with Crippen LogP contribution in [0.15, 0.2) is 28.7 Å². The van der Waals surface area contributed by atoms with Gasteiger partial charge in [0.15, 0.2) is 5.89 Å². The lowest BCUT2D eigenvalue weighted by atomic mass is 10.0. The summed E-state index contributed by atoms with van der Waals surface area (Å²) in [6.07, 6.45) is 1.83. The molecule has 0 saturated carbocycles. The maximum atomic E-state index is 5.61. The lowest BCUT2D eigenvalue weighted by Crippen LogP contribution is -2.02. The van der Waals surface area contributed by atoms with Crippen LogP contribution >= 0.6 is 0 Å². The zero-order valence-electron chi connectivity index (χ0n) is 11.9. The van der Waals surface area contributed by atoms with Crippen molar-refractivity contribution in [1.82, 2.24) is 4.98 Å². The topological polar surface area (TPSA) is 52.0 Å². The second-order valence-corrected chi connectivity index (χ2v) is 5.34. The van der Waals surface area contributed by atoms with E-state index in [1.807, 2.05) is 6.92 Å². The summed E-state index contributed by atoms with van der Waals surface area (Å²) in [5.41, 5.74) is 9.00. The summed E-state index contributed by atoms with van der Waals surface area (Å²) in [4.78, 5) is 4.47. The van der Waals surface area contributed by atoms with Crippen molar-refractivity contribution in [3.63, 3.8) is 0 Å². The van der Waals surface area contributed by atoms with Gasteiger partial charge in [0.25, 0.3) is 0 Å². The fraction of sp³-hybridized carbons (Fsp3) is 0.438. The molecule has 0 fully saturated rings. The summed E-state index contributed by atoms with van der Waals surface area (Å²) in [6.45, 7) is 6.91. The minimum atomic E-state index is 0.576. The Balaban J connectivity index is 2.26. The van der Waals surface area contributed by atoms with E-state index in [9.17, 15) is 0 Å². The molecular weight excluding hydrogens is 236 g/mol. The molecule has 0 saturated heterocycles. The fourth-order valence-electron chi connectivity index (χ4n) is 2.27. The number of hydrogen-bond donors (Lipinski definition) is 1. The molecule has 0 aliphatic carbocycles. The van der Waals surface area contributed by atoms with Crippen LogP contribution in [-0.4, -0.2) is 11.5 Å². The Morgan fingerprint density at radius 3 is 2.47 bits per heavy atom. The van der Waals surface area contributed by atoms with E-state index in [4.69, 9.17) is 10.2 Å². The summed E-state index contributed by atoms with van der Waals surface area (Å²) < 4.78 is 5.61. The van der Waals surface area contributed by atoms with E-state index in [0.717, 1.165) is 29.9 Å². The van der Waals surface area contributed by atoms with E-state index in [2.05, 4.69) is 43.1 Å². The third-order valence-electron chi connectivity index (χ3n) is 3.05. The van der Waals surface area contributed by atoms with Crippen LogP contribution in [0.3, 0.4) is 0 Å². The van der Waals surface area contributed by atoms with Crippen molar-refractivity contribution in [3.8, 4) is 11.3 Å². The molecule has 2 rings (SSSR count). The molecule has 0 atom stereocenters. The van der Waals surface area contributed by atoms with Crippen molar-refractivity contribution in [1.29, 1.82) is 0 Å². The van der Waals surface area contributed by atoms with Gasteiger partial charge < -0.3 is 10.2 Å². The summed E-state index contributed by atoms with van der Waals surface area (Å²) in [7, 11) is 0. The summed E-state index contributed by atoms with van der Waals surface area (Å²) >= 11 is 0. The van der Waals surface area contributed by atoms with Crippen LogP contribution in [0.1, 0.15) is 31.1 Å². The number of aryl methyl sites for hydroxylation is 1. The van der Waals surface area contributed by atoms with E-state index in [1.54, 1.807) is 0 Å². The van der Waals surface area contributed by atoms with Crippen LogP contribution < -0.4 is 5.73 Å². The lowest BCUT2D eigenvalue weighted by Gasteiger charge is -2.06. The standard InChI is InChI=1S/C16H22N2O/c1-11(2)10-13-4-6-14(7-5-13)16-15(8-9-17)19-12(3)18-16/h4-7,11H,8-10,17H2,1-3H3. The third-order valence-corrected chi connectivity index (χ3v) is 3.05. The highest BCUT2D eigenvalue weighted by atomic mass is 16.4. The van der Waals surface area contributed by atoms with Crippen LogP contribution in [0.25, 0.3) is 11.3 Å². The first kappa shape index (κ1) is 13.8. The SMILES string of the molecule is Cc1nc(-c2ccc(CC(C)C)cc2)c(CCN)o1. The Labute approximate surface area is 114 Å². The van der Waals surface area contributed by atoms with Gasteiger partial charge in [-0.1, -0.05) is 38.1 Å². The highest BCUT2D eigenvalue weighted by molar-refractivity contribution is 5.61. The van der Waals surface area contributed by atoms with Crippen molar-refractivity contribution >= 4 is 0 Å². The summed E-state index contributed by atoms with van der Waals surface area (Å²) in [5.74, 6) is 2.26. The van der Waals surface area contributed by atoms with Crippen molar-refractivity contribution in [3.05, 3.63) is 41.5 Å². The monoisotopic (exact) mass is 258 g/mol. The number of nitrogens with zero attached hydrogens (tertiary/aromatic N) is 1. The number of rotatable bonds is 5. The summed E-state index contributed by atoms with van der Waals surface area (Å²) in [5, 5.41) is 0. The molecule has 2 aromatic rings. The average molecular weight is 258 g/mol. The maximum absolute atomic E-state index is 5.61. The number of oxazole rings is 1. The quantitative estimate of drug-likeness (QED) is 0.894. The predicted molar refractivity (Wildman–Crippen MR) is 78.0 cm³/mol. The first-order valence-electron chi connectivity index (χ1n) is 6.86. The highest BCUT2D eigenvalue weighted by Crippen LogP contribution is 2.25. The summed E-state index contributed by atoms with van der Waals surface area (Å²) in [6, 6.07) is 8.58. The zero-order valence-corrected chi connectivity index (χ0v) is 11.9. The molecule has 102 valence electrons. The van der Waals surface area contributed by atoms with E-state index in [-0.39, 0.29) is 0 Å². The number of nitrogens with two attached hydrogens (primary N) is 1. The fourth-order valence-corrected chi connectivity index (χ4v) is 2.27. The second kappa shape index (κ2) is 6.02. The van der Waals surface area contributed by atoms with Crippen LogP contribution in [0, 0.1) is 12.8 Å². The molecular formula is C16H22N2O. The number of hydrogen-bond acceptors (Lipinski definition) is 3. The molecule has 1 heterocycles. The van der Waals surface area contributed by atoms with Gasteiger partial charge in [-0.05, 0) is 24.4 Å². The van der Waals surface area contributed by atoms with Gasteiger partial charge in [-0.3, -0.25) is 0 Å². The molecule has 0 aliphatic heterocycles. The Kier molecular flexibility index (Phi) is 4.38. The Hall–Kier alpha value is -1.61. The van der Waals surface area contributed by atoms with Crippen molar-refractivity contribution in [2.45, 2.75) is 33.6 Å². The average Bonchev–Trinajstić information content (AvgIpc) is 2.71. The van der Waals surface area contributed by atoms with Gasteiger partial charge in [-0.2, -0.15) is 0 Å². The van der Waals surface area contributed by atoms with Gasteiger partial charge in [0.1, 0.15) is 11.5 Å². The van der Waals surface area contributed by atoms with Gasteiger partial charge in [-0.25, -0.2) is 4.98 Å². The first-order chi connectivity index (χ1) is 9.10. The maximum Gasteiger partial charge on any atom is 0.191 e. The van der Waals surface area contributed by atoms with E-state index in [1.165, 1.54) is 5.56 Å². The second-order valence-electron chi connectivity index (χ2n) is 5.34. The Bertz CT molecular complexity index is 526. The minimum Gasteiger partial charge on any atom is -0.445 e. The molecule has 1 aromatic carbocycles. The Morgan fingerprint density at radius 1 is 1.21 bits per heavy atom. The molecule has 0 radical (unpaired) electrons. The molecule has 0 aliphatic rings. The minimum absolute atomic E-state index is 0.576. The molecule has 0 amide bonds. The van der Waals surface area contributed by atoms with E-state index >= 15 is 0 Å². The van der Waals surface area contributed by atoms with Gasteiger partial charge in [0.05, 0.1) is 0 Å². The van der Waals surface area contributed by atoms with E-state index < -0.39 is 0 Å². The molecule has 1 aromatic heterocycles. The van der Waals surface area contributed by atoms with Crippen LogP contribution in [-0.2, 0) is 12.8 Å². The van der Waals surface area contributed by atoms with Crippen LogP contribution in [0.2, 0.25) is 0 Å². The molecule has 2 N–H and O–H groups in total. The largest absolute Gasteiger partial charge is 0.445 e. The molecule has 0 spiro atoms. The van der Waals surface area contributed by atoms with Crippen molar-refractivity contribution in [2.24, 2.45) is 11.7 Å². The normalized spacial score (nSPS) is 11.2. The van der Waals surface area contributed by atoms with Crippen LogP contribution in [0.5, 0.6) is 0 Å². The molecule has 0 bridgehead atoms. The van der Waals surface area contributed by atoms with Crippen molar-refractivity contribution < 1.29 is 4.42 Å². The van der Waals surface area contributed by atoms with Crippen LogP contribution in [0.4, 0.5) is 0 Å². The van der Waals surface area contributed by atoms with E-state index in [0.29, 0.717) is 18.4 Å². The number of aromatic nitrogens is 1. The van der Waals surface area contributed by atoms with Gasteiger partial charge in [0.2, 0.25) is 0 Å². The highest BCUT2D eigenvalue weighted by Gasteiger charge is 2.12. The molecule has 3 heteroatoms. The van der Waals surface area contributed by atoms with Gasteiger partial charge >= 0.3 is 0 Å². The lowest BCUT2D eigenvalue weighted by molar-refractivity contribution is 0.476. The van der Waals surface area contributed by atoms with Crippen molar-refractivity contribution in [2.75, 3.05) is 6.54 Å². The van der Waals surface area contributed by atoms with Gasteiger partial charge in [0, 0.05) is 18.9 Å². The number of benzene rings is 1. The predicted octanol–water partition coefficient (Wildman–Crippen LogP) is 3.35. The Morgan fingerprint density at radius 2 is 1.89 bits per heavy atom. The molecule has 0 unspecified atom stereocenters. The van der Waals surface area contributed by atoms with Gasteiger partial charge in [-0.15, -0.1) is 0 Å².